The van der Waals surface area contributed by atoms with E-state index in [1.54, 1.807) is 36.3 Å². The van der Waals surface area contributed by atoms with Crippen LogP contribution in [0, 0.1) is 0 Å². The number of ether oxygens (including phenoxy) is 2. The average molecular weight is 303 g/mol. The first kappa shape index (κ1) is 14.9. The third-order valence-corrected chi connectivity index (χ3v) is 4.71. The van der Waals surface area contributed by atoms with Crippen molar-refractivity contribution in [3.05, 3.63) is 29.8 Å². The number of cyclic esters (lactones) is 1. The summed E-state index contributed by atoms with van der Waals surface area (Å²) in [5.74, 6) is 0.378. The molecule has 0 bridgehead atoms. The lowest BCUT2D eigenvalue weighted by Gasteiger charge is -2.47. The Labute approximate surface area is 130 Å². The number of benzene rings is 1. The lowest BCUT2D eigenvalue weighted by molar-refractivity contribution is -0.168. The number of rotatable bonds is 2. The van der Waals surface area contributed by atoms with Crippen LogP contribution in [0.25, 0.3) is 0 Å². The molecule has 0 radical (unpaired) electrons. The van der Waals surface area contributed by atoms with Crippen molar-refractivity contribution in [3.63, 3.8) is 0 Å². The van der Waals surface area contributed by atoms with E-state index in [9.17, 15) is 9.59 Å². The van der Waals surface area contributed by atoms with E-state index in [1.165, 1.54) is 0 Å². The van der Waals surface area contributed by atoms with Crippen LogP contribution in [0.3, 0.4) is 0 Å². The largest absolute Gasteiger partial charge is 0.497 e. The average Bonchev–Trinajstić information content (AvgIpc) is 2.58. The predicted molar refractivity (Wildman–Crippen MR) is 80.8 cm³/mol. The van der Waals surface area contributed by atoms with Gasteiger partial charge in [0.2, 0.25) is 0 Å². The number of carbonyl (C=O) groups excluding carboxylic acids is 2. The number of esters is 1. The first-order valence-electron chi connectivity index (χ1n) is 7.81. The Morgan fingerprint density at radius 3 is 2.50 bits per heavy atom. The summed E-state index contributed by atoms with van der Waals surface area (Å²) in [6.45, 7) is 0.749. The fourth-order valence-corrected chi connectivity index (χ4v) is 3.48. The smallest absolute Gasteiger partial charge is 0.332 e. The SMILES string of the molecule is COc1ccc(C(=O)N2CCOC(=O)C23CCCCC3)cc1. The molecule has 1 aromatic carbocycles. The molecule has 1 aliphatic carbocycles. The van der Waals surface area contributed by atoms with Gasteiger partial charge in [0.15, 0.2) is 0 Å². The van der Waals surface area contributed by atoms with Crippen LogP contribution in [-0.4, -0.2) is 42.6 Å². The van der Waals surface area contributed by atoms with Gasteiger partial charge in [-0.05, 0) is 37.1 Å². The van der Waals surface area contributed by atoms with Crippen molar-refractivity contribution in [2.24, 2.45) is 0 Å². The van der Waals surface area contributed by atoms with Crippen molar-refractivity contribution in [2.45, 2.75) is 37.6 Å². The molecule has 22 heavy (non-hydrogen) atoms. The van der Waals surface area contributed by atoms with Crippen LogP contribution in [0.2, 0.25) is 0 Å². The first-order valence-corrected chi connectivity index (χ1v) is 7.81. The number of nitrogens with zero attached hydrogens (tertiary/aromatic N) is 1. The number of morpholine rings is 1. The van der Waals surface area contributed by atoms with Gasteiger partial charge in [0.1, 0.15) is 17.9 Å². The zero-order valence-electron chi connectivity index (χ0n) is 12.8. The highest BCUT2D eigenvalue weighted by Gasteiger charge is 2.50. The minimum absolute atomic E-state index is 0.0961. The molecule has 0 N–H and O–H groups in total. The van der Waals surface area contributed by atoms with E-state index in [-0.39, 0.29) is 18.5 Å². The maximum absolute atomic E-state index is 12.9. The van der Waals surface area contributed by atoms with Gasteiger partial charge in [-0.1, -0.05) is 19.3 Å². The Morgan fingerprint density at radius 1 is 1.18 bits per heavy atom. The second-order valence-electron chi connectivity index (χ2n) is 5.91. The number of carbonyl (C=O) groups is 2. The molecule has 0 atom stereocenters. The maximum atomic E-state index is 12.9. The molecule has 3 rings (SSSR count). The van der Waals surface area contributed by atoms with E-state index in [2.05, 4.69) is 0 Å². The third kappa shape index (κ3) is 2.45. The van der Waals surface area contributed by atoms with Crippen molar-refractivity contribution in [2.75, 3.05) is 20.3 Å². The molecule has 1 amide bonds. The lowest BCUT2D eigenvalue weighted by Crippen LogP contribution is -2.62. The van der Waals surface area contributed by atoms with E-state index < -0.39 is 5.54 Å². The number of amides is 1. The fourth-order valence-electron chi connectivity index (χ4n) is 3.48. The van der Waals surface area contributed by atoms with Crippen LogP contribution in [0.5, 0.6) is 5.75 Å². The zero-order valence-corrected chi connectivity index (χ0v) is 12.8. The summed E-state index contributed by atoms with van der Waals surface area (Å²) in [6, 6.07) is 7.03. The molecule has 1 saturated carbocycles. The summed E-state index contributed by atoms with van der Waals surface area (Å²) >= 11 is 0. The molecule has 1 saturated heterocycles. The van der Waals surface area contributed by atoms with Crippen LogP contribution in [0.1, 0.15) is 42.5 Å². The van der Waals surface area contributed by atoms with Crippen molar-refractivity contribution < 1.29 is 19.1 Å². The molecule has 1 aromatic rings. The van der Waals surface area contributed by atoms with Crippen LogP contribution < -0.4 is 4.74 Å². The van der Waals surface area contributed by atoms with Crippen LogP contribution in [0.15, 0.2) is 24.3 Å². The molecule has 5 heteroatoms. The summed E-state index contributed by atoms with van der Waals surface area (Å²) in [5.41, 5.74) is -0.173. The number of hydrogen-bond acceptors (Lipinski definition) is 4. The van der Waals surface area contributed by atoms with Gasteiger partial charge >= 0.3 is 5.97 Å². The van der Waals surface area contributed by atoms with Crippen LogP contribution in [0.4, 0.5) is 0 Å². The van der Waals surface area contributed by atoms with Crippen molar-refractivity contribution in [1.29, 1.82) is 0 Å². The van der Waals surface area contributed by atoms with Crippen molar-refractivity contribution in [1.82, 2.24) is 4.90 Å². The molecule has 5 nitrogen and oxygen atoms in total. The summed E-state index contributed by atoms with van der Waals surface area (Å²) in [6.07, 6.45) is 4.43. The Hall–Kier alpha value is -2.04. The van der Waals surface area contributed by atoms with E-state index >= 15 is 0 Å². The van der Waals surface area contributed by atoms with Crippen LogP contribution in [-0.2, 0) is 9.53 Å². The van der Waals surface area contributed by atoms with Crippen molar-refractivity contribution >= 4 is 11.9 Å². The minimum Gasteiger partial charge on any atom is -0.497 e. The highest BCUT2D eigenvalue weighted by atomic mass is 16.5. The summed E-state index contributed by atoms with van der Waals surface area (Å²) < 4.78 is 10.4. The minimum atomic E-state index is -0.756. The lowest BCUT2D eigenvalue weighted by atomic mass is 9.79. The van der Waals surface area contributed by atoms with Gasteiger partial charge in [-0.3, -0.25) is 4.79 Å². The number of hydrogen-bond donors (Lipinski definition) is 0. The molecular formula is C17H21NO4. The van der Waals surface area contributed by atoms with Gasteiger partial charge in [0, 0.05) is 5.56 Å². The standard InChI is InChI=1S/C17H21NO4/c1-21-14-7-5-13(6-8-14)15(19)18-11-12-22-16(20)17(18)9-3-2-4-10-17/h5-8H,2-4,9-12H2,1H3. The molecular weight excluding hydrogens is 282 g/mol. The highest BCUT2D eigenvalue weighted by Crippen LogP contribution is 2.37. The van der Waals surface area contributed by atoms with Gasteiger partial charge in [-0.2, -0.15) is 0 Å². The Balaban J connectivity index is 1.89. The van der Waals surface area contributed by atoms with Gasteiger partial charge in [0.05, 0.1) is 13.7 Å². The first-order chi connectivity index (χ1) is 10.7. The van der Waals surface area contributed by atoms with Crippen LogP contribution >= 0.6 is 0 Å². The zero-order chi connectivity index (χ0) is 15.6. The van der Waals surface area contributed by atoms with E-state index in [4.69, 9.17) is 9.47 Å². The third-order valence-electron chi connectivity index (χ3n) is 4.71. The van der Waals surface area contributed by atoms with Gasteiger partial charge < -0.3 is 14.4 Å². The predicted octanol–water partition coefficient (Wildman–Crippen LogP) is 2.40. The van der Waals surface area contributed by atoms with E-state index in [0.717, 1.165) is 19.3 Å². The summed E-state index contributed by atoms with van der Waals surface area (Å²) in [7, 11) is 1.59. The Bertz CT molecular complexity index is 561. The quantitative estimate of drug-likeness (QED) is 0.787. The molecule has 2 fully saturated rings. The van der Waals surface area contributed by atoms with E-state index in [1.807, 2.05) is 0 Å². The van der Waals surface area contributed by atoms with Gasteiger partial charge in [0.25, 0.3) is 5.91 Å². The van der Waals surface area contributed by atoms with Gasteiger partial charge in [-0.15, -0.1) is 0 Å². The van der Waals surface area contributed by atoms with Crippen molar-refractivity contribution in [3.8, 4) is 5.75 Å². The second kappa shape index (κ2) is 5.99. The highest BCUT2D eigenvalue weighted by molar-refractivity contribution is 5.98. The van der Waals surface area contributed by atoms with Gasteiger partial charge in [-0.25, -0.2) is 4.79 Å². The molecule has 1 heterocycles. The van der Waals surface area contributed by atoms with E-state index in [0.29, 0.717) is 30.7 Å². The molecule has 1 spiro atoms. The Kier molecular flexibility index (Phi) is 4.05. The topological polar surface area (TPSA) is 55.8 Å². The maximum Gasteiger partial charge on any atom is 0.332 e. The molecule has 2 aliphatic rings. The summed E-state index contributed by atoms with van der Waals surface area (Å²) in [4.78, 5) is 27.0. The summed E-state index contributed by atoms with van der Waals surface area (Å²) in [5, 5.41) is 0. The number of methoxy groups -OCH3 is 1. The second-order valence-corrected chi connectivity index (χ2v) is 5.91. The molecule has 0 aromatic heterocycles. The Morgan fingerprint density at radius 2 is 1.86 bits per heavy atom. The molecule has 0 unspecified atom stereocenters. The molecule has 1 aliphatic heterocycles. The molecule has 118 valence electrons. The normalized spacial score (nSPS) is 20.6. The fraction of sp³-hybridized carbons (Fsp3) is 0.529. The monoisotopic (exact) mass is 303 g/mol.